The number of benzene rings is 1. The summed E-state index contributed by atoms with van der Waals surface area (Å²) in [6.07, 6.45) is 6.33. The van der Waals surface area contributed by atoms with Gasteiger partial charge in [-0.25, -0.2) is 0 Å². The van der Waals surface area contributed by atoms with Gasteiger partial charge in [0.15, 0.2) is 0 Å². The molecule has 0 spiro atoms. The summed E-state index contributed by atoms with van der Waals surface area (Å²) >= 11 is 0. The molecular formula is C22H29N3O3. The van der Waals surface area contributed by atoms with Gasteiger partial charge < -0.3 is 10.2 Å². The minimum absolute atomic E-state index is 0.0456. The average molecular weight is 383 g/mol. The molecule has 2 fully saturated rings. The topological polar surface area (TPSA) is 69.7 Å². The number of piperidine rings is 1. The number of rotatable bonds is 7. The van der Waals surface area contributed by atoms with Crippen LogP contribution in [0.4, 0.5) is 0 Å². The molecule has 4 rings (SSSR count). The number of hydrogen-bond acceptors (Lipinski definition) is 4. The molecule has 0 aromatic heterocycles. The summed E-state index contributed by atoms with van der Waals surface area (Å²) in [5.74, 6) is 0.306. The number of imide groups is 1. The van der Waals surface area contributed by atoms with E-state index in [2.05, 4.69) is 5.32 Å². The molecule has 1 saturated heterocycles. The Morgan fingerprint density at radius 1 is 1.07 bits per heavy atom. The van der Waals surface area contributed by atoms with Gasteiger partial charge >= 0.3 is 0 Å². The molecule has 0 bridgehead atoms. The highest BCUT2D eigenvalue weighted by Gasteiger charge is 2.36. The summed E-state index contributed by atoms with van der Waals surface area (Å²) in [5.41, 5.74) is 1.29. The Kier molecular flexibility index (Phi) is 5.49. The second-order valence-corrected chi connectivity index (χ2v) is 8.29. The van der Waals surface area contributed by atoms with Crippen LogP contribution in [0.3, 0.4) is 0 Å². The summed E-state index contributed by atoms with van der Waals surface area (Å²) in [5, 5.41) is 3.62. The van der Waals surface area contributed by atoms with Crippen LogP contribution >= 0.6 is 0 Å². The van der Waals surface area contributed by atoms with Crippen LogP contribution in [0.1, 0.15) is 76.5 Å². The minimum atomic E-state index is -0.272. The van der Waals surface area contributed by atoms with Crippen LogP contribution in [-0.2, 0) is 0 Å². The highest BCUT2D eigenvalue weighted by atomic mass is 16.2. The van der Waals surface area contributed by atoms with Gasteiger partial charge in [-0.05, 0) is 62.8 Å². The van der Waals surface area contributed by atoms with Gasteiger partial charge in [-0.2, -0.15) is 0 Å². The van der Waals surface area contributed by atoms with Crippen LogP contribution in [-0.4, -0.2) is 59.7 Å². The van der Waals surface area contributed by atoms with Gasteiger partial charge in [0, 0.05) is 31.2 Å². The van der Waals surface area contributed by atoms with E-state index in [1.165, 1.54) is 17.7 Å². The molecule has 0 unspecified atom stereocenters. The summed E-state index contributed by atoms with van der Waals surface area (Å²) in [7, 11) is 0. The molecule has 6 nitrogen and oxygen atoms in total. The predicted octanol–water partition coefficient (Wildman–Crippen LogP) is 2.69. The van der Waals surface area contributed by atoms with Gasteiger partial charge in [0.2, 0.25) is 0 Å². The van der Waals surface area contributed by atoms with Gasteiger partial charge in [-0.1, -0.05) is 13.3 Å². The SMILES string of the molecule is CCCCN1C(=O)c2ccc(C(=O)N3CCC(NCC4CC4)CC3)cc2C1=O. The molecule has 2 heterocycles. The summed E-state index contributed by atoms with van der Waals surface area (Å²) < 4.78 is 0. The predicted molar refractivity (Wildman–Crippen MR) is 106 cm³/mol. The largest absolute Gasteiger partial charge is 0.339 e. The molecule has 6 heteroatoms. The first kappa shape index (κ1) is 19.1. The number of amides is 3. The number of carbonyl (C=O) groups excluding carboxylic acids is 3. The van der Waals surface area contributed by atoms with Gasteiger partial charge in [0.1, 0.15) is 0 Å². The molecule has 150 valence electrons. The molecule has 3 amide bonds. The van der Waals surface area contributed by atoms with Crippen molar-refractivity contribution in [3.63, 3.8) is 0 Å². The Morgan fingerprint density at radius 3 is 2.46 bits per heavy atom. The zero-order valence-electron chi connectivity index (χ0n) is 16.6. The summed E-state index contributed by atoms with van der Waals surface area (Å²) in [6.45, 7) is 5.03. The van der Waals surface area contributed by atoms with E-state index in [1.54, 1.807) is 18.2 Å². The third-order valence-electron chi connectivity index (χ3n) is 6.13. The van der Waals surface area contributed by atoms with Crippen LogP contribution in [0.2, 0.25) is 0 Å². The van der Waals surface area contributed by atoms with Crippen LogP contribution in [0.25, 0.3) is 0 Å². The fraction of sp³-hybridized carbons (Fsp3) is 0.591. The van der Waals surface area contributed by atoms with Gasteiger partial charge in [0.05, 0.1) is 11.1 Å². The van der Waals surface area contributed by atoms with E-state index >= 15 is 0 Å². The second kappa shape index (κ2) is 8.03. The number of carbonyl (C=O) groups is 3. The first-order chi connectivity index (χ1) is 13.6. The third kappa shape index (κ3) is 3.83. The Morgan fingerprint density at radius 2 is 1.79 bits per heavy atom. The molecular weight excluding hydrogens is 354 g/mol. The van der Waals surface area contributed by atoms with Gasteiger partial charge in [-0.3, -0.25) is 19.3 Å². The Labute approximate surface area is 166 Å². The van der Waals surface area contributed by atoms with Crippen LogP contribution in [0, 0.1) is 5.92 Å². The Balaban J connectivity index is 1.39. The van der Waals surface area contributed by atoms with E-state index < -0.39 is 0 Å². The average Bonchev–Trinajstić information content (AvgIpc) is 3.52. The quantitative estimate of drug-likeness (QED) is 0.735. The highest BCUT2D eigenvalue weighted by Crippen LogP contribution is 2.28. The summed E-state index contributed by atoms with van der Waals surface area (Å²) in [4.78, 5) is 41.2. The highest BCUT2D eigenvalue weighted by molar-refractivity contribution is 6.22. The zero-order chi connectivity index (χ0) is 19.7. The standard InChI is InChI=1S/C22H29N3O3/c1-2-3-10-25-21(27)18-7-6-16(13-19(18)22(25)28)20(26)24-11-8-17(9-12-24)23-14-15-4-5-15/h6-7,13,15,17,23H,2-5,8-12,14H2,1H3. The molecule has 3 aliphatic rings. The number of fused-ring (bicyclic) bond motifs is 1. The van der Waals surface area contributed by atoms with Crippen molar-refractivity contribution in [2.75, 3.05) is 26.2 Å². The third-order valence-corrected chi connectivity index (χ3v) is 6.13. The number of hydrogen-bond donors (Lipinski definition) is 1. The lowest BCUT2D eigenvalue weighted by Crippen LogP contribution is -2.45. The zero-order valence-corrected chi connectivity index (χ0v) is 16.6. The maximum absolute atomic E-state index is 12.9. The number of nitrogens with one attached hydrogen (secondary N) is 1. The van der Waals surface area contributed by atoms with E-state index in [0.717, 1.165) is 51.2 Å². The fourth-order valence-corrected chi connectivity index (χ4v) is 4.07. The van der Waals surface area contributed by atoms with E-state index in [0.29, 0.717) is 29.3 Å². The Bertz CT molecular complexity index is 779. The maximum Gasteiger partial charge on any atom is 0.261 e. The number of unbranched alkanes of at least 4 members (excludes halogenated alkanes) is 1. The molecule has 1 aromatic carbocycles. The molecule has 2 aliphatic heterocycles. The van der Waals surface area contributed by atoms with Crippen molar-refractivity contribution in [1.82, 2.24) is 15.1 Å². The van der Waals surface area contributed by atoms with E-state index in [9.17, 15) is 14.4 Å². The van der Waals surface area contributed by atoms with Crippen molar-refractivity contribution in [3.8, 4) is 0 Å². The molecule has 1 saturated carbocycles. The van der Waals surface area contributed by atoms with Crippen molar-refractivity contribution < 1.29 is 14.4 Å². The molecule has 28 heavy (non-hydrogen) atoms. The molecule has 1 aromatic rings. The smallest absolute Gasteiger partial charge is 0.261 e. The van der Waals surface area contributed by atoms with Crippen LogP contribution in [0.5, 0.6) is 0 Å². The lowest BCUT2D eigenvalue weighted by atomic mass is 10.0. The lowest BCUT2D eigenvalue weighted by molar-refractivity contribution is 0.0651. The van der Waals surface area contributed by atoms with Crippen LogP contribution < -0.4 is 5.32 Å². The molecule has 0 radical (unpaired) electrons. The molecule has 1 N–H and O–H groups in total. The van der Waals surface area contributed by atoms with E-state index in [4.69, 9.17) is 0 Å². The van der Waals surface area contributed by atoms with E-state index in [-0.39, 0.29) is 17.7 Å². The molecule has 1 aliphatic carbocycles. The number of nitrogens with zero attached hydrogens (tertiary/aromatic N) is 2. The van der Waals surface area contributed by atoms with Crippen molar-refractivity contribution in [3.05, 3.63) is 34.9 Å². The summed E-state index contributed by atoms with van der Waals surface area (Å²) in [6, 6.07) is 5.43. The van der Waals surface area contributed by atoms with Crippen molar-refractivity contribution in [1.29, 1.82) is 0 Å². The van der Waals surface area contributed by atoms with Crippen molar-refractivity contribution >= 4 is 17.7 Å². The lowest BCUT2D eigenvalue weighted by Gasteiger charge is -2.32. The van der Waals surface area contributed by atoms with Gasteiger partial charge in [-0.15, -0.1) is 0 Å². The fourth-order valence-electron chi connectivity index (χ4n) is 4.07. The monoisotopic (exact) mass is 383 g/mol. The second-order valence-electron chi connectivity index (χ2n) is 8.29. The Hall–Kier alpha value is -2.21. The maximum atomic E-state index is 12.9. The number of likely N-dealkylation sites (tertiary alicyclic amines) is 1. The minimum Gasteiger partial charge on any atom is -0.339 e. The molecule has 0 atom stereocenters. The van der Waals surface area contributed by atoms with Gasteiger partial charge in [0.25, 0.3) is 17.7 Å². The van der Waals surface area contributed by atoms with Crippen LogP contribution in [0.15, 0.2) is 18.2 Å². The first-order valence-electron chi connectivity index (χ1n) is 10.6. The van der Waals surface area contributed by atoms with Crippen molar-refractivity contribution in [2.24, 2.45) is 5.92 Å². The first-order valence-corrected chi connectivity index (χ1v) is 10.6. The normalized spacial score (nSPS) is 20.0. The van der Waals surface area contributed by atoms with E-state index in [1.807, 2.05) is 11.8 Å². The van der Waals surface area contributed by atoms with Crippen molar-refractivity contribution in [2.45, 2.75) is 51.5 Å².